The van der Waals surface area contributed by atoms with Crippen LogP contribution in [0, 0.1) is 0 Å². The fourth-order valence-corrected chi connectivity index (χ4v) is 1.08. The molecule has 1 heterocycles. The maximum Gasteiger partial charge on any atom is 0.416 e. The van der Waals surface area contributed by atoms with Gasteiger partial charge in [0.15, 0.2) is 6.10 Å². The minimum atomic E-state index is -4.77. The molecule has 0 radical (unpaired) electrons. The van der Waals surface area contributed by atoms with Gasteiger partial charge in [0.1, 0.15) is 5.69 Å². The standard InChI is InChI=1S/C9H8ClF3N2O2/c10-5-1-2-14-6(3-5)8(17)15-4-7(16)9(11,12)13/h1-3,7,16H,4H2,(H,15,17). The van der Waals surface area contributed by atoms with Gasteiger partial charge in [0, 0.05) is 11.2 Å². The maximum absolute atomic E-state index is 11.9. The van der Waals surface area contributed by atoms with Crippen molar-refractivity contribution in [2.45, 2.75) is 12.3 Å². The number of carbonyl (C=O) groups excluding carboxylic acids is 1. The zero-order chi connectivity index (χ0) is 13.1. The first-order valence-electron chi connectivity index (χ1n) is 4.45. The van der Waals surface area contributed by atoms with Crippen LogP contribution in [-0.4, -0.2) is 34.8 Å². The number of amides is 1. The van der Waals surface area contributed by atoms with Crippen LogP contribution < -0.4 is 5.32 Å². The van der Waals surface area contributed by atoms with E-state index < -0.39 is 24.7 Å². The van der Waals surface area contributed by atoms with Gasteiger partial charge in [-0.1, -0.05) is 11.6 Å². The third-order valence-electron chi connectivity index (χ3n) is 1.79. The van der Waals surface area contributed by atoms with Gasteiger partial charge in [-0.15, -0.1) is 0 Å². The molecule has 0 spiro atoms. The molecule has 94 valence electrons. The van der Waals surface area contributed by atoms with Crippen molar-refractivity contribution in [3.05, 3.63) is 29.0 Å². The average Bonchev–Trinajstić information content (AvgIpc) is 2.24. The van der Waals surface area contributed by atoms with Crippen molar-refractivity contribution in [1.82, 2.24) is 10.3 Å². The van der Waals surface area contributed by atoms with Crippen LogP contribution >= 0.6 is 11.6 Å². The fraction of sp³-hybridized carbons (Fsp3) is 0.333. The zero-order valence-electron chi connectivity index (χ0n) is 8.33. The van der Waals surface area contributed by atoms with Crippen LogP contribution in [0.4, 0.5) is 13.2 Å². The van der Waals surface area contributed by atoms with Crippen LogP contribution in [0.5, 0.6) is 0 Å². The van der Waals surface area contributed by atoms with E-state index in [4.69, 9.17) is 16.7 Å². The number of rotatable bonds is 3. The quantitative estimate of drug-likeness (QED) is 0.871. The van der Waals surface area contributed by atoms with Crippen molar-refractivity contribution in [1.29, 1.82) is 0 Å². The Labute approximate surface area is 99.4 Å². The largest absolute Gasteiger partial charge is 0.416 e. The topological polar surface area (TPSA) is 62.2 Å². The number of nitrogens with one attached hydrogen (secondary N) is 1. The molecule has 0 fully saturated rings. The van der Waals surface area contributed by atoms with Crippen molar-refractivity contribution in [3.63, 3.8) is 0 Å². The molecule has 0 aliphatic rings. The minimum Gasteiger partial charge on any atom is -0.382 e. The summed E-state index contributed by atoms with van der Waals surface area (Å²) in [6.45, 7) is -0.934. The molecule has 0 aromatic carbocycles. The van der Waals surface area contributed by atoms with Crippen molar-refractivity contribution < 1.29 is 23.1 Å². The lowest BCUT2D eigenvalue weighted by Crippen LogP contribution is -2.40. The molecule has 17 heavy (non-hydrogen) atoms. The molecule has 1 atom stereocenters. The summed E-state index contributed by atoms with van der Waals surface area (Å²) in [4.78, 5) is 14.9. The molecule has 4 nitrogen and oxygen atoms in total. The number of hydrogen-bond acceptors (Lipinski definition) is 3. The first-order chi connectivity index (χ1) is 7.80. The monoisotopic (exact) mass is 268 g/mol. The Morgan fingerprint density at radius 2 is 2.24 bits per heavy atom. The predicted octanol–water partition coefficient (Wildman–Crippen LogP) is 1.39. The second-order valence-electron chi connectivity index (χ2n) is 3.13. The van der Waals surface area contributed by atoms with Gasteiger partial charge < -0.3 is 10.4 Å². The summed E-state index contributed by atoms with van der Waals surface area (Å²) < 4.78 is 35.8. The lowest BCUT2D eigenvalue weighted by molar-refractivity contribution is -0.201. The van der Waals surface area contributed by atoms with Gasteiger partial charge in [-0.05, 0) is 12.1 Å². The Morgan fingerprint density at radius 1 is 1.59 bits per heavy atom. The van der Waals surface area contributed by atoms with Gasteiger partial charge in [0.05, 0.1) is 6.54 Å². The summed E-state index contributed by atoms with van der Waals surface area (Å²) in [5.74, 6) is -0.837. The molecule has 1 aromatic heterocycles. The summed E-state index contributed by atoms with van der Waals surface area (Å²) in [6, 6.07) is 2.62. The Kier molecular flexibility index (Phi) is 4.30. The molecular weight excluding hydrogens is 261 g/mol. The number of hydrogen-bond donors (Lipinski definition) is 2. The first-order valence-corrected chi connectivity index (χ1v) is 4.83. The molecule has 1 aromatic rings. The molecule has 2 N–H and O–H groups in total. The molecule has 0 bridgehead atoms. The maximum atomic E-state index is 11.9. The van der Waals surface area contributed by atoms with Gasteiger partial charge in [-0.2, -0.15) is 13.2 Å². The highest BCUT2D eigenvalue weighted by Crippen LogP contribution is 2.19. The van der Waals surface area contributed by atoms with E-state index in [0.29, 0.717) is 0 Å². The summed E-state index contributed by atoms with van der Waals surface area (Å²) in [5, 5.41) is 10.8. The molecule has 0 saturated carbocycles. The summed E-state index contributed by atoms with van der Waals surface area (Å²) in [5.41, 5.74) is -0.119. The Bertz CT molecular complexity index is 411. The van der Waals surface area contributed by atoms with E-state index in [1.165, 1.54) is 18.3 Å². The second kappa shape index (κ2) is 5.33. The smallest absolute Gasteiger partial charge is 0.382 e. The molecular formula is C9H8ClF3N2O2. The summed E-state index contributed by atoms with van der Waals surface area (Å²) in [6.07, 6.45) is -6.13. The molecule has 1 unspecified atom stereocenters. The highest BCUT2D eigenvalue weighted by molar-refractivity contribution is 6.30. The molecule has 0 aliphatic carbocycles. The highest BCUT2D eigenvalue weighted by atomic mass is 35.5. The zero-order valence-corrected chi connectivity index (χ0v) is 9.09. The fourth-order valence-electron chi connectivity index (χ4n) is 0.925. The van der Waals surface area contributed by atoms with Crippen LogP contribution in [0.3, 0.4) is 0 Å². The number of alkyl halides is 3. The lowest BCUT2D eigenvalue weighted by Gasteiger charge is -2.14. The van der Waals surface area contributed by atoms with E-state index in [-0.39, 0.29) is 10.7 Å². The lowest BCUT2D eigenvalue weighted by atomic mass is 10.3. The number of pyridine rings is 1. The van der Waals surface area contributed by atoms with Gasteiger partial charge in [-0.3, -0.25) is 9.78 Å². The van der Waals surface area contributed by atoms with E-state index in [2.05, 4.69) is 4.98 Å². The molecule has 8 heteroatoms. The third-order valence-corrected chi connectivity index (χ3v) is 2.02. The van der Waals surface area contributed by atoms with E-state index in [0.717, 1.165) is 0 Å². The Balaban J connectivity index is 2.57. The van der Waals surface area contributed by atoms with Crippen molar-refractivity contribution in [2.75, 3.05) is 6.54 Å². The number of carbonyl (C=O) groups is 1. The first kappa shape index (κ1) is 13.7. The number of nitrogens with zero attached hydrogens (tertiary/aromatic N) is 1. The van der Waals surface area contributed by atoms with E-state index in [1.807, 2.05) is 5.32 Å². The van der Waals surface area contributed by atoms with Crippen LogP contribution in [0.2, 0.25) is 5.02 Å². The van der Waals surface area contributed by atoms with Crippen molar-refractivity contribution >= 4 is 17.5 Å². The van der Waals surface area contributed by atoms with E-state index in [1.54, 1.807) is 0 Å². The number of aliphatic hydroxyl groups is 1. The number of aliphatic hydroxyl groups excluding tert-OH is 1. The van der Waals surface area contributed by atoms with Crippen LogP contribution in [-0.2, 0) is 0 Å². The van der Waals surface area contributed by atoms with Crippen LogP contribution in [0.25, 0.3) is 0 Å². The summed E-state index contributed by atoms with van der Waals surface area (Å²) in [7, 11) is 0. The number of aromatic nitrogens is 1. The van der Waals surface area contributed by atoms with E-state index >= 15 is 0 Å². The molecule has 0 saturated heterocycles. The summed E-state index contributed by atoms with van der Waals surface area (Å²) >= 11 is 5.57. The predicted molar refractivity (Wildman–Crippen MR) is 53.6 cm³/mol. The third kappa shape index (κ3) is 4.20. The highest BCUT2D eigenvalue weighted by Gasteiger charge is 2.38. The Hall–Kier alpha value is -1.34. The number of halogens is 4. The SMILES string of the molecule is O=C(NCC(O)C(F)(F)F)c1cc(Cl)ccn1. The van der Waals surface area contributed by atoms with Crippen molar-refractivity contribution in [2.24, 2.45) is 0 Å². The van der Waals surface area contributed by atoms with Gasteiger partial charge >= 0.3 is 6.18 Å². The van der Waals surface area contributed by atoms with Crippen molar-refractivity contribution in [3.8, 4) is 0 Å². The van der Waals surface area contributed by atoms with Gasteiger partial charge in [-0.25, -0.2) is 0 Å². The molecule has 0 aliphatic heterocycles. The second-order valence-corrected chi connectivity index (χ2v) is 3.56. The van der Waals surface area contributed by atoms with E-state index in [9.17, 15) is 18.0 Å². The van der Waals surface area contributed by atoms with Crippen LogP contribution in [0.1, 0.15) is 10.5 Å². The molecule has 1 amide bonds. The average molecular weight is 269 g/mol. The minimum absolute atomic E-state index is 0.119. The normalized spacial score (nSPS) is 13.2. The molecule has 1 rings (SSSR count). The Morgan fingerprint density at radius 3 is 2.76 bits per heavy atom. The van der Waals surface area contributed by atoms with Gasteiger partial charge in [0.2, 0.25) is 0 Å². The van der Waals surface area contributed by atoms with Crippen LogP contribution in [0.15, 0.2) is 18.3 Å². The van der Waals surface area contributed by atoms with Gasteiger partial charge in [0.25, 0.3) is 5.91 Å².